The van der Waals surface area contributed by atoms with Gasteiger partial charge >= 0.3 is 0 Å². The predicted molar refractivity (Wildman–Crippen MR) is 79.9 cm³/mol. The molecule has 0 bridgehead atoms. The Morgan fingerprint density at radius 3 is 2.89 bits per heavy atom. The van der Waals surface area contributed by atoms with Gasteiger partial charge in [0, 0.05) is 31.0 Å². The van der Waals surface area contributed by atoms with Crippen LogP contribution in [-0.4, -0.2) is 43.0 Å². The molecule has 1 aromatic rings. The normalized spacial score (nSPS) is 10.7. The van der Waals surface area contributed by atoms with Gasteiger partial charge in [0.25, 0.3) is 0 Å². The van der Waals surface area contributed by atoms with Crippen molar-refractivity contribution in [2.45, 2.75) is 6.42 Å². The molecule has 0 aliphatic heterocycles. The van der Waals surface area contributed by atoms with Crippen LogP contribution in [0.15, 0.2) is 18.2 Å². The molecule has 106 valence electrons. The molecule has 0 saturated heterocycles. The fourth-order valence-electron chi connectivity index (χ4n) is 1.50. The topological polar surface area (TPSA) is 58.4 Å². The highest BCUT2D eigenvalue weighted by Crippen LogP contribution is 2.17. The molecule has 0 saturated carbocycles. The lowest BCUT2D eigenvalue weighted by atomic mass is 10.2. The van der Waals surface area contributed by atoms with Crippen LogP contribution in [0.2, 0.25) is 0 Å². The fraction of sp³-hybridized carbons (Fsp3) is 0.462. The van der Waals surface area contributed by atoms with Crippen LogP contribution in [0.25, 0.3) is 0 Å². The highest BCUT2D eigenvalue weighted by molar-refractivity contribution is 7.98. The molecule has 4 nitrogen and oxygen atoms in total. The van der Waals surface area contributed by atoms with Crippen LogP contribution in [0.5, 0.6) is 0 Å². The van der Waals surface area contributed by atoms with Gasteiger partial charge < -0.3 is 16.0 Å². The third-order valence-electron chi connectivity index (χ3n) is 2.66. The molecule has 1 aromatic carbocycles. The fourth-order valence-corrected chi connectivity index (χ4v) is 2.00. The lowest BCUT2D eigenvalue weighted by molar-refractivity contribution is -0.116. The van der Waals surface area contributed by atoms with Crippen molar-refractivity contribution in [1.82, 2.24) is 4.90 Å². The van der Waals surface area contributed by atoms with Crippen molar-refractivity contribution in [2.75, 3.05) is 43.2 Å². The second kappa shape index (κ2) is 8.01. The Labute approximate surface area is 117 Å². The minimum absolute atomic E-state index is 0.136. The quantitative estimate of drug-likeness (QED) is 0.753. The lowest BCUT2D eigenvalue weighted by Gasteiger charge is -2.15. The van der Waals surface area contributed by atoms with E-state index in [0.717, 1.165) is 12.3 Å². The summed E-state index contributed by atoms with van der Waals surface area (Å²) in [6.45, 7) is 1.58. The number of carbonyl (C=O) groups is 1. The maximum atomic E-state index is 13.4. The van der Waals surface area contributed by atoms with Gasteiger partial charge in [-0.2, -0.15) is 11.8 Å². The highest BCUT2D eigenvalue weighted by atomic mass is 32.2. The SMILES string of the molecule is CSCCN(C)CCC(=O)Nc1cc(N)ccc1F. The molecule has 6 heteroatoms. The van der Waals surface area contributed by atoms with E-state index in [9.17, 15) is 9.18 Å². The molecule has 0 unspecified atom stereocenters. The minimum Gasteiger partial charge on any atom is -0.399 e. The molecule has 1 amide bonds. The van der Waals surface area contributed by atoms with Gasteiger partial charge in [0.15, 0.2) is 0 Å². The van der Waals surface area contributed by atoms with Crippen LogP contribution < -0.4 is 11.1 Å². The largest absolute Gasteiger partial charge is 0.399 e. The van der Waals surface area contributed by atoms with Gasteiger partial charge in [0.2, 0.25) is 5.91 Å². The smallest absolute Gasteiger partial charge is 0.225 e. The van der Waals surface area contributed by atoms with Crippen molar-refractivity contribution >= 4 is 29.0 Å². The number of nitrogens with zero attached hydrogens (tertiary/aromatic N) is 1. The van der Waals surface area contributed by atoms with E-state index in [2.05, 4.69) is 10.2 Å². The van der Waals surface area contributed by atoms with Crippen LogP contribution in [0, 0.1) is 5.82 Å². The second-order valence-electron chi connectivity index (χ2n) is 4.33. The van der Waals surface area contributed by atoms with Crippen LogP contribution in [0.3, 0.4) is 0 Å². The van der Waals surface area contributed by atoms with E-state index in [1.54, 1.807) is 11.8 Å². The van der Waals surface area contributed by atoms with Crippen molar-refractivity contribution in [3.8, 4) is 0 Å². The number of nitrogens with two attached hydrogens (primary N) is 1. The summed E-state index contributed by atoms with van der Waals surface area (Å²) in [4.78, 5) is 13.8. The number of amides is 1. The average molecular weight is 285 g/mol. The molecule has 0 aliphatic carbocycles. The number of hydrogen-bond donors (Lipinski definition) is 2. The van der Waals surface area contributed by atoms with Crippen LogP contribution in [-0.2, 0) is 4.79 Å². The number of thioether (sulfide) groups is 1. The lowest BCUT2D eigenvalue weighted by Crippen LogP contribution is -2.26. The van der Waals surface area contributed by atoms with E-state index in [-0.39, 0.29) is 11.6 Å². The summed E-state index contributed by atoms with van der Waals surface area (Å²) < 4.78 is 13.4. The van der Waals surface area contributed by atoms with E-state index in [0.29, 0.717) is 18.7 Å². The molecule has 0 radical (unpaired) electrons. The number of hydrogen-bond acceptors (Lipinski definition) is 4. The van der Waals surface area contributed by atoms with Gasteiger partial charge in [-0.05, 0) is 31.5 Å². The summed E-state index contributed by atoms with van der Waals surface area (Å²) in [7, 11) is 1.96. The molecule has 0 aromatic heterocycles. The summed E-state index contributed by atoms with van der Waals surface area (Å²) in [5.74, 6) is 0.348. The summed E-state index contributed by atoms with van der Waals surface area (Å²) in [6.07, 6.45) is 2.38. The molecule has 0 fully saturated rings. The number of carbonyl (C=O) groups excluding carboxylic acids is 1. The molecule has 19 heavy (non-hydrogen) atoms. The minimum atomic E-state index is -0.474. The molecular weight excluding hydrogens is 265 g/mol. The second-order valence-corrected chi connectivity index (χ2v) is 5.32. The predicted octanol–water partition coefficient (Wildman–Crippen LogP) is 2.03. The first-order valence-electron chi connectivity index (χ1n) is 6.05. The number of benzene rings is 1. The molecule has 3 N–H and O–H groups in total. The summed E-state index contributed by atoms with van der Waals surface area (Å²) in [5, 5.41) is 2.54. The Bertz CT molecular complexity index is 428. The van der Waals surface area contributed by atoms with E-state index < -0.39 is 5.82 Å². The summed E-state index contributed by atoms with van der Waals surface area (Å²) >= 11 is 1.76. The van der Waals surface area contributed by atoms with Gasteiger partial charge in [-0.3, -0.25) is 4.79 Å². The molecule has 0 aliphatic rings. The van der Waals surface area contributed by atoms with E-state index in [4.69, 9.17) is 5.73 Å². The van der Waals surface area contributed by atoms with Crippen molar-refractivity contribution in [1.29, 1.82) is 0 Å². The van der Waals surface area contributed by atoms with Gasteiger partial charge in [0.05, 0.1) is 5.69 Å². The maximum Gasteiger partial charge on any atom is 0.225 e. The van der Waals surface area contributed by atoms with Gasteiger partial charge in [0.1, 0.15) is 5.82 Å². The molecule has 0 spiro atoms. The zero-order valence-electron chi connectivity index (χ0n) is 11.3. The first-order valence-corrected chi connectivity index (χ1v) is 7.44. The van der Waals surface area contributed by atoms with Crippen LogP contribution in [0.4, 0.5) is 15.8 Å². The first kappa shape index (κ1) is 15.8. The van der Waals surface area contributed by atoms with Crippen molar-refractivity contribution < 1.29 is 9.18 Å². The standard InChI is InChI=1S/C13H20FN3OS/c1-17(7-8-19-2)6-5-13(18)16-12-9-10(15)3-4-11(12)14/h3-4,9H,5-8,15H2,1-2H3,(H,16,18). The Kier molecular flexibility index (Phi) is 6.66. The Hall–Kier alpha value is -1.27. The van der Waals surface area contributed by atoms with E-state index >= 15 is 0 Å². The van der Waals surface area contributed by atoms with Crippen molar-refractivity contribution in [2.24, 2.45) is 0 Å². The number of nitrogen functional groups attached to an aromatic ring is 1. The van der Waals surface area contributed by atoms with Gasteiger partial charge in [-0.1, -0.05) is 0 Å². The van der Waals surface area contributed by atoms with E-state index in [1.165, 1.54) is 18.2 Å². The van der Waals surface area contributed by atoms with Crippen molar-refractivity contribution in [3.05, 3.63) is 24.0 Å². The number of anilines is 2. The van der Waals surface area contributed by atoms with E-state index in [1.807, 2.05) is 13.3 Å². The zero-order valence-corrected chi connectivity index (χ0v) is 12.1. The number of halogens is 1. The zero-order chi connectivity index (χ0) is 14.3. The summed E-state index contributed by atoms with van der Waals surface area (Å²) in [6, 6.07) is 4.13. The number of rotatable bonds is 7. The van der Waals surface area contributed by atoms with Crippen LogP contribution in [0.1, 0.15) is 6.42 Å². The molecular formula is C13H20FN3OS. The average Bonchev–Trinajstić information content (AvgIpc) is 2.38. The maximum absolute atomic E-state index is 13.4. The Balaban J connectivity index is 2.40. The molecule has 1 rings (SSSR count). The molecule has 0 atom stereocenters. The summed E-state index contributed by atoms with van der Waals surface area (Å²) in [5.41, 5.74) is 6.11. The van der Waals surface area contributed by atoms with Crippen LogP contribution >= 0.6 is 11.8 Å². The monoisotopic (exact) mass is 285 g/mol. The number of nitrogens with one attached hydrogen (secondary N) is 1. The third kappa shape index (κ3) is 5.94. The van der Waals surface area contributed by atoms with Crippen molar-refractivity contribution in [3.63, 3.8) is 0 Å². The Morgan fingerprint density at radius 2 is 2.21 bits per heavy atom. The van der Waals surface area contributed by atoms with Gasteiger partial charge in [-0.25, -0.2) is 4.39 Å². The Morgan fingerprint density at radius 1 is 1.47 bits per heavy atom. The third-order valence-corrected chi connectivity index (χ3v) is 3.25. The molecule has 0 heterocycles. The highest BCUT2D eigenvalue weighted by Gasteiger charge is 2.08. The first-order chi connectivity index (χ1) is 9.02. The van der Waals surface area contributed by atoms with Gasteiger partial charge in [-0.15, -0.1) is 0 Å².